The maximum atomic E-state index is 12.7. The van der Waals surface area contributed by atoms with E-state index in [-0.39, 0.29) is 11.5 Å². The third kappa shape index (κ3) is 2.92. The molecule has 7 nitrogen and oxygen atoms in total. The molecule has 0 radical (unpaired) electrons. The highest BCUT2D eigenvalue weighted by atomic mass is 32.1. The van der Waals surface area contributed by atoms with Crippen LogP contribution in [-0.4, -0.2) is 29.7 Å². The van der Waals surface area contributed by atoms with Gasteiger partial charge in [0, 0.05) is 18.8 Å². The summed E-state index contributed by atoms with van der Waals surface area (Å²) in [5.74, 6) is 1.41. The summed E-state index contributed by atoms with van der Waals surface area (Å²) in [7, 11) is 4.75. The number of carbonyl (C=O) groups is 1. The highest BCUT2D eigenvalue weighted by Gasteiger charge is 2.20. The number of hydrogen-bond donors (Lipinski definition) is 1. The largest absolute Gasteiger partial charge is 0.493 e. The molecule has 2 heterocycles. The molecule has 0 fully saturated rings. The molecule has 3 rings (SSSR count). The van der Waals surface area contributed by atoms with E-state index >= 15 is 0 Å². The first-order valence-electron chi connectivity index (χ1n) is 7.87. The van der Waals surface area contributed by atoms with Gasteiger partial charge in [-0.15, -0.1) is 11.3 Å². The van der Waals surface area contributed by atoms with Crippen LogP contribution in [0, 0.1) is 13.8 Å². The Morgan fingerprint density at radius 2 is 1.88 bits per heavy atom. The molecule has 0 aliphatic heterocycles. The number of thiophene rings is 1. The molecule has 136 valence electrons. The van der Waals surface area contributed by atoms with Crippen LogP contribution in [0.2, 0.25) is 0 Å². The van der Waals surface area contributed by atoms with Gasteiger partial charge in [-0.2, -0.15) is 0 Å². The van der Waals surface area contributed by atoms with E-state index in [0.29, 0.717) is 43.7 Å². The number of rotatable bonds is 4. The lowest BCUT2D eigenvalue weighted by Crippen LogP contribution is -2.20. The van der Waals surface area contributed by atoms with E-state index in [9.17, 15) is 9.59 Å². The number of aryl methyl sites for hydroxylation is 2. The number of aromatic nitrogens is 2. The number of anilines is 1. The van der Waals surface area contributed by atoms with Gasteiger partial charge in [0.2, 0.25) is 0 Å². The van der Waals surface area contributed by atoms with Gasteiger partial charge < -0.3 is 14.8 Å². The van der Waals surface area contributed by atoms with Crippen molar-refractivity contribution in [1.29, 1.82) is 0 Å². The van der Waals surface area contributed by atoms with Crippen molar-refractivity contribution in [3.05, 3.63) is 44.8 Å². The van der Waals surface area contributed by atoms with Crippen molar-refractivity contribution in [3.8, 4) is 11.5 Å². The van der Waals surface area contributed by atoms with Crippen LogP contribution >= 0.6 is 11.3 Å². The van der Waals surface area contributed by atoms with Crippen molar-refractivity contribution < 1.29 is 14.3 Å². The molecule has 1 amide bonds. The minimum absolute atomic E-state index is 0.147. The van der Waals surface area contributed by atoms with Crippen LogP contribution in [-0.2, 0) is 7.05 Å². The first kappa shape index (κ1) is 17.9. The number of carbonyl (C=O) groups excluding carboxylic acids is 1. The number of ether oxygens (including phenoxy) is 2. The van der Waals surface area contributed by atoms with Crippen LogP contribution in [0.1, 0.15) is 21.1 Å². The second-order valence-electron chi connectivity index (χ2n) is 5.78. The molecule has 0 bridgehead atoms. The van der Waals surface area contributed by atoms with Crippen LogP contribution in [0.3, 0.4) is 0 Å². The molecule has 0 spiro atoms. The molecule has 3 aromatic rings. The van der Waals surface area contributed by atoms with E-state index in [2.05, 4.69) is 10.3 Å². The summed E-state index contributed by atoms with van der Waals surface area (Å²) in [5.41, 5.74) is 1.06. The molecule has 26 heavy (non-hydrogen) atoms. The van der Waals surface area contributed by atoms with Gasteiger partial charge >= 0.3 is 0 Å². The zero-order chi connectivity index (χ0) is 19.0. The smallest absolute Gasteiger partial charge is 0.266 e. The third-order valence-corrected chi connectivity index (χ3v) is 5.43. The second-order valence-corrected chi connectivity index (χ2v) is 6.78. The van der Waals surface area contributed by atoms with E-state index in [1.165, 1.54) is 23.0 Å². The van der Waals surface area contributed by atoms with Crippen molar-refractivity contribution >= 4 is 33.1 Å². The summed E-state index contributed by atoms with van der Waals surface area (Å²) in [6.07, 6.45) is 0. The lowest BCUT2D eigenvalue weighted by atomic mass is 10.2. The maximum absolute atomic E-state index is 12.7. The number of nitrogens with one attached hydrogen (secondary N) is 1. The van der Waals surface area contributed by atoms with E-state index in [4.69, 9.17) is 9.47 Å². The van der Waals surface area contributed by atoms with Crippen LogP contribution in [0.25, 0.3) is 10.2 Å². The van der Waals surface area contributed by atoms with Crippen molar-refractivity contribution in [2.24, 2.45) is 7.05 Å². The molecule has 0 saturated carbocycles. The molecule has 0 aliphatic rings. The first-order valence-corrected chi connectivity index (χ1v) is 8.69. The van der Waals surface area contributed by atoms with Gasteiger partial charge in [0.05, 0.1) is 24.5 Å². The summed E-state index contributed by atoms with van der Waals surface area (Å²) in [4.78, 5) is 30.7. The number of nitrogens with zero attached hydrogens (tertiary/aromatic N) is 2. The molecule has 1 aromatic carbocycles. The van der Waals surface area contributed by atoms with Gasteiger partial charge in [0.15, 0.2) is 11.5 Å². The van der Waals surface area contributed by atoms with Gasteiger partial charge in [-0.25, -0.2) is 4.98 Å². The summed E-state index contributed by atoms with van der Waals surface area (Å²) in [6, 6.07) is 5.12. The minimum atomic E-state index is -0.294. The number of hydrogen-bond acceptors (Lipinski definition) is 6. The van der Waals surface area contributed by atoms with Crippen LogP contribution in [0.15, 0.2) is 23.0 Å². The summed E-state index contributed by atoms with van der Waals surface area (Å²) in [6.45, 7) is 3.53. The molecule has 2 aromatic heterocycles. The third-order valence-electron chi connectivity index (χ3n) is 4.24. The average molecular weight is 373 g/mol. The van der Waals surface area contributed by atoms with Crippen LogP contribution in [0.4, 0.5) is 5.69 Å². The number of methoxy groups -OCH3 is 2. The molecular formula is C18H19N3O4S. The second kappa shape index (κ2) is 6.80. The molecule has 8 heteroatoms. The van der Waals surface area contributed by atoms with E-state index < -0.39 is 0 Å². The van der Waals surface area contributed by atoms with E-state index in [1.54, 1.807) is 46.2 Å². The zero-order valence-corrected chi connectivity index (χ0v) is 16.0. The summed E-state index contributed by atoms with van der Waals surface area (Å²) < 4.78 is 11.9. The van der Waals surface area contributed by atoms with Crippen molar-refractivity contribution in [1.82, 2.24) is 9.55 Å². The topological polar surface area (TPSA) is 82.5 Å². The van der Waals surface area contributed by atoms with Gasteiger partial charge in [-0.05, 0) is 31.5 Å². The predicted molar refractivity (Wildman–Crippen MR) is 102 cm³/mol. The molecule has 0 saturated heterocycles. The minimum Gasteiger partial charge on any atom is -0.493 e. The van der Waals surface area contributed by atoms with Crippen LogP contribution in [0.5, 0.6) is 11.5 Å². The Morgan fingerprint density at radius 1 is 1.19 bits per heavy atom. The highest BCUT2D eigenvalue weighted by molar-refractivity contribution is 7.20. The van der Waals surface area contributed by atoms with Gasteiger partial charge in [0.25, 0.3) is 11.5 Å². The fourth-order valence-electron chi connectivity index (χ4n) is 2.68. The Labute approximate surface area is 154 Å². The van der Waals surface area contributed by atoms with E-state index in [1.807, 2.05) is 0 Å². The normalized spacial score (nSPS) is 10.8. The molecule has 0 aliphatic carbocycles. The molecular weight excluding hydrogens is 354 g/mol. The Hall–Kier alpha value is -2.87. The fourth-order valence-corrected chi connectivity index (χ4v) is 3.80. The van der Waals surface area contributed by atoms with Gasteiger partial charge in [-0.3, -0.25) is 14.2 Å². The quantitative estimate of drug-likeness (QED) is 0.760. The monoisotopic (exact) mass is 373 g/mol. The summed E-state index contributed by atoms with van der Waals surface area (Å²) >= 11 is 1.21. The Bertz CT molecular complexity index is 1070. The van der Waals surface area contributed by atoms with Crippen molar-refractivity contribution in [3.63, 3.8) is 0 Å². The first-order chi connectivity index (χ1) is 12.4. The maximum Gasteiger partial charge on any atom is 0.266 e. The average Bonchev–Trinajstić information content (AvgIpc) is 2.96. The number of benzene rings is 1. The lowest BCUT2D eigenvalue weighted by molar-refractivity contribution is 0.103. The van der Waals surface area contributed by atoms with Crippen molar-refractivity contribution in [2.75, 3.05) is 19.5 Å². The van der Waals surface area contributed by atoms with E-state index in [0.717, 1.165) is 0 Å². The zero-order valence-electron chi connectivity index (χ0n) is 15.2. The standard InChI is InChI=1S/C18H19N3O4S/c1-9-14-17(19-10(2)21(3)18(14)23)26-15(9)16(22)20-11-6-7-12(24-4)13(8-11)25-5/h6-8H,1-5H3,(H,20,22). The number of fused-ring (bicyclic) bond motifs is 1. The van der Waals surface area contributed by atoms with Gasteiger partial charge in [0.1, 0.15) is 10.7 Å². The Morgan fingerprint density at radius 3 is 2.54 bits per heavy atom. The van der Waals surface area contributed by atoms with Crippen LogP contribution < -0.4 is 20.3 Å². The molecule has 1 N–H and O–H groups in total. The summed E-state index contributed by atoms with van der Waals surface area (Å²) in [5, 5.41) is 3.32. The molecule has 0 atom stereocenters. The Balaban J connectivity index is 2.00. The SMILES string of the molecule is COc1ccc(NC(=O)c2sc3nc(C)n(C)c(=O)c3c2C)cc1OC. The van der Waals surface area contributed by atoms with Gasteiger partial charge in [-0.1, -0.05) is 0 Å². The lowest BCUT2D eigenvalue weighted by Gasteiger charge is -2.10. The highest BCUT2D eigenvalue weighted by Crippen LogP contribution is 2.31. The molecule has 0 unspecified atom stereocenters. The fraction of sp³-hybridized carbons (Fsp3) is 0.278. The number of amides is 1. The Kier molecular flexibility index (Phi) is 4.69. The predicted octanol–water partition coefficient (Wildman–Crippen LogP) is 2.88. The van der Waals surface area contributed by atoms with Crippen molar-refractivity contribution in [2.45, 2.75) is 13.8 Å².